The number of carbonyl (C=O) groups is 2. The van der Waals surface area contributed by atoms with E-state index in [2.05, 4.69) is 10.3 Å². The highest BCUT2D eigenvalue weighted by Crippen LogP contribution is 2.44. The zero-order valence-electron chi connectivity index (χ0n) is 20.5. The van der Waals surface area contributed by atoms with Gasteiger partial charge in [0.15, 0.2) is 0 Å². The van der Waals surface area contributed by atoms with Crippen molar-refractivity contribution < 1.29 is 24.4 Å². The Hall–Kier alpha value is -3.56. The lowest BCUT2D eigenvalue weighted by molar-refractivity contribution is -0.418. The molecule has 1 amide bonds. The number of fused-ring (bicyclic) bond motifs is 1. The standard InChI is InChI=1S/C24H26Cl2N6O6/c1-38-21(33)23(9-4-6-15-5-2-3-7-17(15)23)13-18-19(32(36)37)20(29-24(25,26)28-18)30-11-12-31(22(34)35)16(14-30)8-10-27/h2-3,5,7,16,28H,4,6,8-9,11-14H2,1H3,(H,34,35)/t16-,23?/m0/s1. The van der Waals surface area contributed by atoms with Gasteiger partial charge in [-0.25, -0.2) is 9.79 Å². The fourth-order valence-electron chi connectivity index (χ4n) is 5.59. The third-order valence-electron chi connectivity index (χ3n) is 7.22. The number of ether oxygens (including phenoxy) is 1. The number of piperazine rings is 1. The van der Waals surface area contributed by atoms with Gasteiger partial charge in [-0.15, -0.1) is 0 Å². The molecule has 3 aliphatic rings. The van der Waals surface area contributed by atoms with Crippen molar-refractivity contribution in [3.8, 4) is 6.07 Å². The lowest BCUT2D eigenvalue weighted by Crippen LogP contribution is -2.58. The average molecular weight is 565 g/mol. The summed E-state index contributed by atoms with van der Waals surface area (Å²) in [5.41, 5.74) is 0.0184. The van der Waals surface area contributed by atoms with Crippen LogP contribution in [0.5, 0.6) is 0 Å². The van der Waals surface area contributed by atoms with Crippen molar-refractivity contribution in [2.24, 2.45) is 4.99 Å². The number of aryl methyl sites for hydroxylation is 1. The number of halogens is 2. The summed E-state index contributed by atoms with van der Waals surface area (Å²) in [6.45, 7) is 0.0240. The van der Waals surface area contributed by atoms with Gasteiger partial charge in [-0.3, -0.25) is 14.9 Å². The van der Waals surface area contributed by atoms with Crippen LogP contribution in [0.4, 0.5) is 4.79 Å². The van der Waals surface area contributed by atoms with E-state index in [4.69, 9.17) is 27.9 Å². The van der Waals surface area contributed by atoms with Crippen LogP contribution in [0, 0.1) is 21.4 Å². The number of nitro groups is 1. The number of nitrogens with one attached hydrogen (secondary N) is 1. The molecule has 0 bridgehead atoms. The summed E-state index contributed by atoms with van der Waals surface area (Å²) >= 11 is 12.8. The molecule has 0 saturated carbocycles. The molecule has 1 unspecified atom stereocenters. The minimum atomic E-state index is -2.00. The van der Waals surface area contributed by atoms with Crippen LogP contribution in [0.3, 0.4) is 0 Å². The Kier molecular flexibility index (Phi) is 7.71. The summed E-state index contributed by atoms with van der Waals surface area (Å²) in [7, 11) is 1.27. The summed E-state index contributed by atoms with van der Waals surface area (Å²) in [4.78, 5) is 43.7. The number of nitrogens with zero attached hydrogens (tertiary/aromatic N) is 5. The van der Waals surface area contributed by atoms with Gasteiger partial charge < -0.3 is 25.0 Å². The molecule has 38 heavy (non-hydrogen) atoms. The molecule has 2 atom stereocenters. The van der Waals surface area contributed by atoms with Crippen molar-refractivity contribution in [2.45, 2.75) is 48.1 Å². The molecule has 202 valence electrons. The molecule has 1 fully saturated rings. The molecule has 2 heterocycles. The number of nitriles is 1. The molecule has 1 saturated heterocycles. The first-order valence-electron chi connectivity index (χ1n) is 11.9. The first-order chi connectivity index (χ1) is 18.0. The van der Waals surface area contributed by atoms with E-state index in [-0.39, 0.29) is 44.0 Å². The first-order valence-corrected chi connectivity index (χ1v) is 12.7. The number of carbonyl (C=O) groups excluding carboxylic acids is 1. The topological polar surface area (TPSA) is 161 Å². The maximum atomic E-state index is 13.3. The molecule has 1 aromatic carbocycles. The number of amidine groups is 1. The van der Waals surface area contributed by atoms with Crippen molar-refractivity contribution in [3.05, 3.63) is 56.9 Å². The maximum absolute atomic E-state index is 13.3. The Balaban J connectivity index is 1.80. The molecule has 4 rings (SSSR count). The number of alkyl halides is 2. The quantitative estimate of drug-likeness (QED) is 0.180. The largest absolute Gasteiger partial charge is 0.468 e. The molecule has 2 aliphatic heterocycles. The highest BCUT2D eigenvalue weighted by Gasteiger charge is 2.50. The Bertz CT molecular complexity index is 1260. The van der Waals surface area contributed by atoms with E-state index in [1.165, 1.54) is 12.0 Å². The lowest BCUT2D eigenvalue weighted by atomic mass is 9.67. The molecule has 1 aromatic rings. The number of benzene rings is 1. The van der Waals surface area contributed by atoms with Crippen molar-refractivity contribution in [1.29, 1.82) is 5.26 Å². The molecule has 0 aromatic heterocycles. The summed E-state index contributed by atoms with van der Waals surface area (Å²) in [6, 6.07) is 8.63. The average Bonchev–Trinajstić information content (AvgIpc) is 2.87. The fourth-order valence-corrected chi connectivity index (χ4v) is 5.98. The smallest absolute Gasteiger partial charge is 0.407 e. The van der Waals surface area contributed by atoms with E-state index in [1.54, 1.807) is 6.07 Å². The van der Waals surface area contributed by atoms with Gasteiger partial charge in [-0.2, -0.15) is 5.26 Å². The van der Waals surface area contributed by atoms with Gasteiger partial charge in [0.1, 0.15) is 0 Å². The van der Waals surface area contributed by atoms with E-state index in [9.17, 15) is 30.1 Å². The summed E-state index contributed by atoms with van der Waals surface area (Å²) in [5, 5.41) is 33.9. The molecular formula is C24H26Cl2N6O6. The van der Waals surface area contributed by atoms with E-state index in [0.29, 0.717) is 12.8 Å². The van der Waals surface area contributed by atoms with Crippen molar-refractivity contribution >= 4 is 41.1 Å². The van der Waals surface area contributed by atoms with Gasteiger partial charge in [0.25, 0.3) is 4.58 Å². The van der Waals surface area contributed by atoms with Crippen molar-refractivity contribution in [3.63, 3.8) is 0 Å². The molecule has 0 spiro atoms. The van der Waals surface area contributed by atoms with Crippen molar-refractivity contribution in [1.82, 2.24) is 15.1 Å². The van der Waals surface area contributed by atoms with E-state index < -0.39 is 38.7 Å². The summed E-state index contributed by atoms with van der Waals surface area (Å²) in [6.07, 6.45) is 0.339. The number of esters is 1. The maximum Gasteiger partial charge on any atom is 0.407 e. The Morgan fingerprint density at radius 1 is 1.37 bits per heavy atom. The predicted molar refractivity (Wildman–Crippen MR) is 137 cm³/mol. The Labute approximate surface area is 228 Å². The highest BCUT2D eigenvalue weighted by molar-refractivity contribution is 6.48. The van der Waals surface area contributed by atoms with Gasteiger partial charge in [-0.1, -0.05) is 47.5 Å². The predicted octanol–water partition coefficient (Wildman–Crippen LogP) is 2.98. The van der Waals surface area contributed by atoms with Crippen molar-refractivity contribution in [2.75, 3.05) is 26.7 Å². The van der Waals surface area contributed by atoms with Gasteiger partial charge in [0, 0.05) is 26.1 Å². The minimum absolute atomic E-state index is 0.00426. The minimum Gasteiger partial charge on any atom is -0.468 e. The molecule has 2 N–H and O–H groups in total. The molecule has 14 heteroatoms. The molecular weight excluding hydrogens is 539 g/mol. The number of hydrogen-bond acceptors (Lipinski definition) is 9. The number of allylic oxidation sites excluding steroid dienone is 1. The Morgan fingerprint density at radius 2 is 2.11 bits per heavy atom. The number of hydrogen-bond donors (Lipinski definition) is 2. The normalized spacial score (nSPS) is 24.5. The number of rotatable bonds is 5. The van der Waals surface area contributed by atoms with Gasteiger partial charge in [-0.05, 0) is 30.4 Å². The summed E-state index contributed by atoms with van der Waals surface area (Å²) < 4.78 is 3.20. The van der Waals surface area contributed by atoms with Crippen LogP contribution in [0.15, 0.2) is 40.7 Å². The van der Waals surface area contributed by atoms with Crippen LogP contribution >= 0.6 is 23.2 Å². The third kappa shape index (κ3) is 5.08. The number of amides is 1. The van der Waals surface area contributed by atoms with Crippen LogP contribution in [-0.2, 0) is 21.4 Å². The SMILES string of the molecule is COC(=O)C1(CC2=C([N+](=O)[O-])C(N3CCN(C(=O)O)[C@@H](CC#N)C3)=NC(Cl)(Cl)N2)CCCc2ccccc21. The third-order valence-corrected chi connectivity index (χ3v) is 7.58. The summed E-state index contributed by atoms with van der Waals surface area (Å²) in [5.74, 6) is -0.685. The van der Waals surface area contributed by atoms with E-state index in [0.717, 1.165) is 22.4 Å². The molecule has 0 radical (unpaired) electrons. The fraction of sp³-hybridized carbons (Fsp3) is 0.500. The second-order valence-electron chi connectivity index (χ2n) is 9.39. The van der Waals surface area contributed by atoms with Crippen LogP contribution in [0.1, 0.15) is 36.8 Å². The highest BCUT2D eigenvalue weighted by atomic mass is 35.5. The molecule has 1 aliphatic carbocycles. The van der Waals surface area contributed by atoms with E-state index >= 15 is 0 Å². The first kappa shape index (κ1) is 27.5. The van der Waals surface area contributed by atoms with Crippen LogP contribution in [-0.4, -0.2) is 75.1 Å². The van der Waals surface area contributed by atoms with Gasteiger partial charge >= 0.3 is 17.8 Å². The molecule has 12 nitrogen and oxygen atoms in total. The lowest BCUT2D eigenvalue weighted by Gasteiger charge is -2.42. The second kappa shape index (κ2) is 10.7. The monoisotopic (exact) mass is 564 g/mol. The van der Waals surface area contributed by atoms with Crippen LogP contribution < -0.4 is 5.32 Å². The Morgan fingerprint density at radius 3 is 2.76 bits per heavy atom. The number of carboxylic acid groups (broad SMARTS) is 1. The van der Waals surface area contributed by atoms with Gasteiger partial charge in [0.05, 0.1) is 41.7 Å². The van der Waals surface area contributed by atoms with Crippen LogP contribution in [0.2, 0.25) is 0 Å². The van der Waals surface area contributed by atoms with Gasteiger partial charge in [0.2, 0.25) is 5.84 Å². The zero-order valence-corrected chi connectivity index (χ0v) is 22.0. The zero-order chi connectivity index (χ0) is 27.7. The van der Waals surface area contributed by atoms with Crippen LogP contribution in [0.25, 0.3) is 0 Å². The number of aliphatic imine (C=N–C) groups is 1. The second-order valence-corrected chi connectivity index (χ2v) is 10.7. The van der Waals surface area contributed by atoms with E-state index in [1.807, 2.05) is 24.3 Å². The number of methoxy groups -OCH3 is 1.